The molecule has 2 aromatic rings. The molecule has 0 aliphatic heterocycles. The van der Waals surface area contributed by atoms with Crippen molar-refractivity contribution in [3.63, 3.8) is 0 Å². The molecule has 0 fully saturated rings. The number of amides is 1. The molecule has 0 aliphatic carbocycles. The molecule has 0 saturated heterocycles. The predicted molar refractivity (Wildman–Crippen MR) is 111 cm³/mol. The van der Waals surface area contributed by atoms with Crippen LogP contribution in [0.4, 0.5) is 0 Å². The summed E-state index contributed by atoms with van der Waals surface area (Å²) in [5.74, 6) is 1.30. The fourth-order valence-corrected chi connectivity index (χ4v) is 3.30. The van der Waals surface area contributed by atoms with Gasteiger partial charge in [0.15, 0.2) is 11.5 Å². The zero-order valence-corrected chi connectivity index (χ0v) is 17.1. The third-order valence-electron chi connectivity index (χ3n) is 3.86. The van der Waals surface area contributed by atoms with Gasteiger partial charge < -0.3 is 14.8 Å². The monoisotopic (exact) mass is 388 g/mol. The number of hydrogen-bond acceptors (Lipinski definition) is 5. The third kappa shape index (κ3) is 7.43. The van der Waals surface area contributed by atoms with E-state index in [9.17, 15) is 4.79 Å². The van der Waals surface area contributed by atoms with E-state index in [0.29, 0.717) is 18.9 Å². The van der Waals surface area contributed by atoms with Crippen LogP contribution >= 0.6 is 11.3 Å². The molecular weight excluding hydrogens is 360 g/mol. The van der Waals surface area contributed by atoms with Crippen molar-refractivity contribution >= 4 is 23.3 Å². The molecule has 6 heteroatoms. The van der Waals surface area contributed by atoms with Gasteiger partial charge in [0.05, 0.1) is 18.7 Å². The van der Waals surface area contributed by atoms with Crippen molar-refractivity contribution < 1.29 is 14.3 Å². The van der Waals surface area contributed by atoms with Gasteiger partial charge in [-0.3, -0.25) is 4.79 Å². The van der Waals surface area contributed by atoms with E-state index >= 15 is 0 Å². The quantitative estimate of drug-likeness (QED) is 0.458. The maximum Gasteiger partial charge on any atom is 0.243 e. The highest BCUT2D eigenvalue weighted by molar-refractivity contribution is 7.09. The van der Waals surface area contributed by atoms with Crippen LogP contribution in [0.2, 0.25) is 0 Å². The number of ether oxygens (including phenoxy) is 2. The van der Waals surface area contributed by atoms with E-state index in [-0.39, 0.29) is 5.91 Å². The van der Waals surface area contributed by atoms with Crippen LogP contribution in [0.1, 0.15) is 42.5 Å². The van der Waals surface area contributed by atoms with Gasteiger partial charge in [-0.25, -0.2) is 4.98 Å². The van der Waals surface area contributed by atoms with Crippen molar-refractivity contribution in [1.82, 2.24) is 10.3 Å². The second kappa shape index (κ2) is 11.4. The van der Waals surface area contributed by atoms with Crippen LogP contribution < -0.4 is 14.8 Å². The fourth-order valence-electron chi connectivity index (χ4n) is 2.48. The maximum absolute atomic E-state index is 12.0. The first-order valence-corrected chi connectivity index (χ1v) is 10.2. The normalized spacial score (nSPS) is 10.9. The number of nitrogens with zero attached hydrogens (tertiary/aromatic N) is 1. The first-order valence-electron chi connectivity index (χ1n) is 9.30. The van der Waals surface area contributed by atoms with Crippen LogP contribution in [0.25, 0.3) is 6.08 Å². The van der Waals surface area contributed by atoms with E-state index < -0.39 is 0 Å². The lowest BCUT2D eigenvalue weighted by atomic mass is 10.2. The minimum atomic E-state index is -0.0923. The van der Waals surface area contributed by atoms with Gasteiger partial charge in [-0.1, -0.05) is 13.0 Å². The van der Waals surface area contributed by atoms with Crippen molar-refractivity contribution in [3.8, 4) is 11.5 Å². The molecule has 1 N–H and O–H groups in total. The number of methoxy groups -OCH3 is 1. The van der Waals surface area contributed by atoms with E-state index in [4.69, 9.17) is 9.47 Å². The van der Waals surface area contributed by atoms with Crippen LogP contribution in [0, 0.1) is 6.92 Å². The Kier molecular flexibility index (Phi) is 8.84. The summed E-state index contributed by atoms with van der Waals surface area (Å²) in [6, 6.07) is 5.64. The van der Waals surface area contributed by atoms with E-state index in [2.05, 4.69) is 22.6 Å². The minimum Gasteiger partial charge on any atom is -0.493 e. The number of carbonyl (C=O) groups is 1. The lowest BCUT2D eigenvalue weighted by Crippen LogP contribution is -2.22. The topological polar surface area (TPSA) is 60.5 Å². The van der Waals surface area contributed by atoms with Gasteiger partial charge in [0.2, 0.25) is 5.91 Å². The molecule has 0 bridgehead atoms. The predicted octanol–water partition coefficient (Wildman–Crippen LogP) is 4.40. The summed E-state index contributed by atoms with van der Waals surface area (Å²) in [5, 5.41) is 6.15. The number of thiazole rings is 1. The number of carbonyl (C=O) groups excluding carboxylic acids is 1. The number of rotatable bonds is 11. The van der Waals surface area contributed by atoms with Gasteiger partial charge in [-0.2, -0.15) is 0 Å². The van der Waals surface area contributed by atoms with Gasteiger partial charge in [0.25, 0.3) is 0 Å². The Morgan fingerprint density at radius 3 is 2.85 bits per heavy atom. The van der Waals surface area contributed by atoms with Crippen molar-refractivity contribution in [2.24, 2.45) is 0 Å². The summed E-state index contributed by atoms with van der Waals surface area (Å²) in [7, 11) is 1.61. The first kappa shape index (κ1) is 21.0. The lowest BCUT2D eigenvalue weighted by Gasteiger charge is -2.10. The molecule has 1 heterocycles. The number of benzene rings is 1. The summed E-state index contributed by atoms with van der Waals surface area (Å²) >= 11 is 1.70. The Bertz CT molecular complexity index is 756. The van der Waals surface area contributed by atoms with Gasteiger partial charge in [0, 0.05) is 23.7 Å². The van der Waals surface area contributed by atoms with Gasteiger partial charge in [0.1, 0.15) is 0 Å². The second-order valence-electron chi connectivity index (χ2n) is 6.22. The van der Waals surface area contributed by atoms with Crippen LogP contribution in [0.5, 0.6) is 11.5 Å². The van der Waals surface area contributed by atoms with Crippen LogP contribution in [0.15, 0.2) is 29.7 Å². The molecule has 0 spiro atoms. The van der Waals surface area contributed by atoms with Crippen molar-refractivity contribution in [2.45, 2.75) is 39.5 Å². The Labute approximate surface area is 165 Å². The molecule has 146 valence electrons. The average Bonchev–Trinajstić information content (AvgIpc) is 3.09. The molecule has 2 rings (SSSR count). The van der Waals surface area contributed by atoms with Crippen LogP contribution in [-0.2, 0) is 11.2 Å². The number of hydrogen-bond donors (Lipinski definition) is 1. The minimum absolute atomic E-state index is 0.0923. The lowest BCUT2D eigenvalue weighted by molar-refractivity contribution is -0.116. The summed E-state index contributed by atoms with van der Waals surface area (Å²) in [6.07, 6.45) is 7.19. The number of unbranched alkanes of at least 4 members (excludes halogenated alkanes) is 1. The molecule has 0 aliphatic rings. The molecule has 5 nitrogen and oxygen atoms in total. The van der Waals surface area contributed by atoms with Gasteiger partial charge >= 0.3 is 0 Å². The summed E-state index contributed by atoms with van der Waals surface area (Å²) in [6.45, 7) is 5.38. The molecular formula is C21H28N2O3S. The smallest absolute Gasteiger partial charge is 0.243 e. The third-order valence-corrected chi connectivity index (χ3v) is 4.89. The standard InChI is InChI=1S/C21H28N2O3S/c1-4-13-26-18-10-8-17(14-19(18)25-3)9-11-20(24)22-12-6-5-7-21-23-16(2)15-27-21/h8-11,14-15H,4-7,12-13H2,1-3H3,(H,22,24)/b11-9+. The first-order chi connectivity index (χ1) is 13.1. The molecule has 0 unspecified atom stereocenters. The van der Waals surface area contributed by atoms with Gasteiger partial charge in [-0.15, -0.1) is 11.3 Å². The van der Waals surface area contributed by atoms with Crippen molar-refractivity contribution in [2.75, 3.05) is 20.3 Å². The number of nitrogens with one attached hydrogen (secondary N) is 1. The van der Waals surface area contributed by atoms with Crippen molar-refractivity contribution in [3.05, 3.63) is 45.9 Å². The molecule has 1 amide bonds. The summed E-state index contributed by atoms with van der Waals surface area (Å²) in [5.41, 5.74) is 1.97. The Balaban J connectivity index is 1.73. The maximum atomic E-state index is 12.0. The summed E-state index contributed by atoms with van der Waals surface area (Å²) < 4.78 is 11.0. The molecule has 0 atom stereocenters. The Hall–Kier alpha value is -2.34. The summed E-state index contributed by atoms with van der Waals surface area (Å²) in [4.78, 5) is 16.4. The average molecular weight is 389 g/mol. The molecule has 0 saturated carbocycles. The van der Waals surface area contributed by atoms with E-state index in [1.165, 1.54) is 5.01 Å². The number of aryl methyl sites for hydroxylation is 2. The Morgan fingerprint density at radius 2 is 2.15 bits per heavy atom. The largest absolute Gasteiger partial charge is 0.493 e. The zero-order valence-electron chi connectivity index (χ0n) is 16.3. The van der Waals surface area contributed by atoms with E-state index in [1.54, 1.807) is 30.6 Å². The molecule has 1 aromatic heterocycles. The molecule has 0 radical (unpaired) electrons. The van der Waals surface area contributed by atoms with Crippen molar-refractivity contribution in [1.29, 1.82) is 0 Å². The molecule has 1 aromatic carbocycles. The zero-order chi connectivity index (χ0) is 19.5. The van der Waals surface area contributed by atoms with Crippen LogP contribution in [0.3, 0.4) is 0 Å². The highest BCUT2D eigenvalue weighted by Gasteiger charge is 2.05. The molecule has 27 heavy (non-hydrogen) atoms. The van der Waals surface area contributed by atoms with E-state index in [1.807, 2.05) is 25.1 Å². The van der Waals surface area contributed by atoms with Crippen LogP contribution in [-0.4, -0.2) is 31.2 Å². The van der Waals surface area contributed by atoms with E-state index in [0.717, 1.165) is 42.7 Å². The second-order valence-corrected chi connectivity index (χ2v) is 7.17. The fraction of sp³-hybridized carbons (Fsp3) is 0.429. The Morgan fingerprint density at radius 1 is 1.30 bits per heavy atom. The SMILES string of the molecule is CCCOc1ccc(/C=C/C(=O)NCCCCc2nc(C)cs2)cc1OC. The highest BCUT2D eigenvalue weighted by Crippen LogP contribution is 2.28. The number of aromatic nitrogens is 1. The highest BCUT2D eigenvalue weighted by atomic mass is 32.1. The van der Waals surface area contributed by atoms with Gasteiger partial charge in [-0.05, 0) is 56.4 Å².